The first-order valence-corrected chi connectivity index (χ1v) is 5.73. The van der Waals surface area contributed by atoms with Crippen LogP contribution in [-0.4, -0.2) is 19.0 Å². The van der Waals surface area contributed by atoms with E-state index in [9.17, 15) is 4.79 Å². The highest BCUT2D eigenvalue weighted by molar-refractivity contribution is 9.10. The minimum Gasteiger partial charge on any atom is -0.351 e. The molecule has 0 bridgehead atoms. The summed E-state index contributed by atoms with van der Waals surface area (Å²) in [5, 5.41) is 5.81. The Morgan fingerprint density at radius 3 is 2.93 bits per heavy atom. The topological polar surface area (TPSA) is 41.1 Å². The fraction of sp³-hybridized carbons (Fsp3) is 0.364. The maximum Gasteiger partial charge on any atom is 0.234 e. The molecule has 3 nitrogen and oxygen atoms in total. The van der Waals surface area contributed by atoms with Crippen molar-refractivity contribution in [1.29, 1.82) is 0 Å². The van der Waals surface area contributed by atoms with Gasteiger partial charge >= 0.3 is 0 Å². The molecule has 0 unspecified atom stereocenters. The lowest BCUT2D eigenvalue weighted by Crippen LogP contribution is -2.33. The summed E-state index contributed by atoms with van der Waals surface area (Å²) in [5.41, 5.74) is 1.09. The number of hydrogen-bond acceptors (Lipinski definition) is 2. The van der Waals surface area contributed by atoms with E-state index in [1.54, 1.807) is 0 Å². The Bertz CT molecular complexity index is 328. The number of likely N-dealkylation sites (N-methyl/N-ethyl adjacent to an activating group) is 1. The van der Waals surface area contributed by atoms with Crippen molar-refractivity contribution in [2.45, 2.75) is 13.5 Å². The van der Waals surface area contributed by atoms with Crippen molar-refractivity contribution in [2.75, 3.05) is 13.1 Å². The fourth-order valence-corrected chi connectivity index (χ4v) is 1.60. The van der Waals surface area contributed by atoms with E-state index in [0.717, 1.165) is 16.6 Å². The molecule has 0 aromatic heterocycles. The summed E-state index contributed by atoms with van der Waals surface area (Å²) in [7, 11) is 0. The van der Waals surface area contributed by atoms with E-state index in [4.69, 9.17) is 0 Å². The van der Waals surface area contributed by atoms with Gasteiger partial charge in [0.2, 0.25) is 5.91 Å². The summed E-state index contributed by atoms with van der Waals surface area (Å²) in [6.45, 7) is 3.74. The van der Waals surface area contributed by atoms with E-state index in [-0.39, 0.29) is 5.91 Å². The Balaban J connectivity index is 2.33. The van der Waals surface area contributed by atoms with Crippen molar-refractivity contribution >= 4 is 21.8 Å². The lowest BCUT2D eigenvalue weighted by atomic mass is 10.2. The Morgan fingerprint density at radius 1 is 1.47 bits per heavy atom. The normalized spacial score (nSPS) is 10.0. The maximum atomic E-state index is 11.3. The fourth-order valence-electron chi connectivity index (χ4n) is 1.15. The van der Waals surface area contributed by atoms with E-state index < -0.39 is 0 Å². The average molecular weight is 271 g/mol. The Labute approximate surface area is 98.4 Å². The van der Waals surface area contributed by atoms with Crippen LogP contribution in [0.15, 0.2) is 28.7 Å². The molecule has 0 aliphatic heterocycles. The Hall–Kier alpha value is -0.870. The van der Waals surface area contributed by atoms with Crippen LogP contribution in [0.3, 0.4) is 0 Å². The molecule has 0 aliphatic carbocycles. The number of carbonyl (C=O) groups excluding carboxylic acids is 1. The zero-order valence-electron chi connectivity index (χ0n) is 8.72. The first-order chi connectivity index (χ1) is 7.22. The first kappa shape index (κ1) is 12.2. The molecule has 2 N–H and O–H groups in total. The second kappa shape index (κ2) is 6.58. The molecule has 82 valence electrons. The molecule has 0 aliphatic rings. The largest absolute Gasteiger partial charge is 0.351 e. The summed E-state index contributed by atoms with van der Waals surface area (Å²) in [5.74, 6) is 0.0248. The predicted octanol–water partition coefficient (Wildman–Crippen LogP) is 1.67. The molecule has 0 radical (unpaired) electrons. The van der Waals surface area contributed by atoms with Crippen LogP contribution in [0, 0.1) is 0 Å². The number of benzene rings is 1. The summed E-state index contributed by atoms with van der Waals surface area (Å²) in [6.07, 6.45) is 0. The van der Waals surface area contributed by atoms with Crippen LogP contribution in [0.25, 0.3) is 0 Å². The van der Waals surface area contributed by atoms with Crippen LogP contribution in [-0.2, 0) is 11.3 Å². The van der Waals surface area contributed by atoms with Crippen LogP contribution in [0.4, 0.5) is 0 Å². The third-order valence-electron chi connectivity index (χ3n) is 1.91. The number of carbonyl (C=O) groups is 1. The smallest absolute Gasteiger partial charge is 0.234 e. The molecule has 0 atom stereocenters. The van der Waals surface area contributed by atoms with Gasteiger partial charge in [-0.2, -0.15) is 0 Å². The zero-order chi connectivity index (χ0) is 11.1. The lowest BCUT2D eigenvalue weighted by molar-refractivity contribution is -0.120. The van der Waals surface area contributed by atoms with Gasteiger partial charge in [-0.05, 0) is 24.2 Å². The van der Waals surface area contributed by atoms with Gasteiger partial charge < -0.3 is 10.6 Å². The molecule has 0 fully saturated rings. The molecule has 0 spiro atoms. The van der Waals surface area contributed by atoms with Gasteiger partial charge in [0.1, 0.15) is 0 Å². The van der Waals surface area contributed by atoms with Crippen molar-refractivity contribution in [3.63, 3.8) is 0 Å². The highest BCUT2D eigenvalue weighted by Gasteiger charge is 1.99. The highest BCUT2D eigenvalue weighted by atomic mass is 79.9. The monoisotopic (exact) mass is 270 g/mol. The second-order valence-electron chi connectivity index (χ2n) is 3.19. The first-order valence-electron chi connectivity index (χ1n) is 4.94. The quantitative estimate of drug-likeness (QED) is 0.855. The minimum atomic E-state index is 0.0248. The molecule has 15 heavy (non-hydrogen) atoms. The van der Waals surface area contributed by atoms with E-state index in [1.165, 1.54) is 0 Å². The summed E-state index contributed by atoms with van der Waals surface area (Å²) in [6, 6.07) is 7.89. The zero-order valence-corrected chi connectivity index (χ0v) is 10.3. The summed E-state index contributed by atoms with van der Waals surface area (Å²) >= 11 is 3.39. The summed E-state index contributed by atoms with van der Waals surface area (Å²) < 4.78 is 1.03. The number of hydrogen-bond donors (Lipinski definition) is 2. The molecule has 1 rings (SSSR count). The molecular weight excluding hydrogens is 256 g/mol. The van der Waals surface area contributed by atoms with E-state index in [0.29, 0.717) is 13.1 Å². The van der Waals surface area contributed by atoms with Crippen molar-refractivity contribution in [1.82, 2.24) is 10.6 Å². The lowest BCUT2D eigenvalue weighted by Gasteiger charge is -2.05. The van der Waals surface area contributed by atoms with E-state index in [1.807, 2.05) is 31.2 Å². The van der Waals surface area contributed by atoms with Crippen LogP contribution in [0.2, 0.25) is 0 Å². The van der Waals surface area contributed by atoms with E-state index in [2.05, 4.69) is 26.6 Å². The molecule has 0 saturated carbocycles. The van der Waals surface area contributed by atoms with Gasteiger partial charge in [0.15, 0.2) is 0 Å². The number of nitrogens with one attached hydrogen (secondary N) is 2. The number of halogens is 1. The SMILES string of the molecule is CCNCC(=O)NCc1cccc(Br)c1. The molecule has 0 heterocycles. The van der Waals surface area contributed by atoms with Gasteiger partial charge in [0.05, 0.1) is 6.54 Å². The third kappa shape index (κ3) is 4.95. The third-order valence-corrected chi connectivity index (χ3v) is 2.41. The summed E-state index contributed by atoms with van der Waals surface area (Å²) in [4.78, 5) is 11.3. The number of amides is 1. The Kier molecular flexibility index (Phi) is 5.36. The predicted molar refractivity (Wildman–Crippen MR) is 64.5 cm³/mol. The van der Waals surface area contributed by atoms with Gasteiger partial charge in [-0.3, -0.25) is 4.79 Å². The van der Waals surface area contributed by atoms with Gasteiger partial charge in [0, 0.05) is 11.0 Å². The van der Waals surface area contributed by atoms with Crippen LogP contribution in [0.1, 0.15) is 12.5 Å². The molecule has 1 amide bonds. The highest BCUT2D eigenvalue weighted by Crippen LogP contribution is 2.11. The van der Waals surface area contributed by atoms with Gasteiger partial charge in [-0.1, -0.05) is 35.0 Å². The molecular formula is C11H15BrN2O. The Morgan fingerprint density at radius 2 is 2.27 bits per heavy atom. The average Bonchev–Trinajstić information content (AvgIpc) is 2.23. The van der Waals surface area contributed by atoms with Gasteiger partial charge in [-0.15, -0.1) is 0 Å². The second-order valence-corrected chi connectivity index (χ2v) is 4.10. The standard InChI is InChI=1S/C11H15BrN2O/c1-2-13-8-11(15)14-7-9-4-3-5-10(12)6-9/h3-6,13H,2,7-8H2,1H3,(H,14,15). The maximum absolute atomic E-state index is 11.3. The number of rotatable bonds is 5. The van der Waals surface area contributed by atoms with Crippen molar-refractivity contribution in [2.24, 2.45) is 0 Å². The van der Waals surface area contributed by atoms with Gasteiger partial charge in [-0.25, -0.2) is 0 Å². The van der Waals surface area contributed by atoms with Crippen LogP contribution >= 0.6 is 15.9 Å². The molecule has 0 saturated heterocycles. The van der Waals surface area contributed by atoms with Crippen LogP contribution < -0.4 is 10.6 Å². The van der Waals surface area contributed by atoms with Crippen LogP contribution in [0.5, 0.6) is 0 Å². The minimum absolute atomic E-state index is 0.0248. The van der Waals surface area contributed by atoms with Crippen molar-refractivity contribution in [3.05, 3.63) is 34.3 Å². The molecule has 4 heteroatoms. The van der Waals surface area contributed by atoms with E-state index >= 15 is 0 Å². The van der Waals surface area contributed by atoms with Crippen molar-refractivity contribution in [3.8, 4) is 0 Å². The molecule has 1 aromatic carbocycles. The van der Waals surface area contributed by atoms with Gasteiger partial charge in [0.25, 0.3) is 0 Å². The van der Waals surface area contributed by atoms with Crippen molar-refractivity contribution < 1.29 is 4.79 Å². The molecule has 1 aromatic rings.